The standard InChI is InChI=1S/C16H20O4/c1-2-20-15(18)16(19,12-8-4-3-5-9-12)13-10-6-7-11-14(13)17/h3-5,8-9,13,19H,2,6-7,10-11H2,1H3/t13-,16+/m0/s1. The fourth-order valence-corrected chi connectivity index (χ4v) is 2.82. The Hall–Kier alpha value is -1.68. The van der Waals surface area contributed by atoms with E-state index in [0.29, 0.717) is 18.4 Å². The highest BCUT2D eigenvalue weighted by Gasteiger charge is 2.50. The Bertz CT molecular complexity index is 483. The number of ether oxygens (including phenoxy) is 1. The van der Waals surface area contributed by atoms with Gasteiger partial charge in [0.05, 0.1) is 12.5 Å². The topological polar surface area (TPSA) is 63.6 Å². The van der Waals surface area contributed by atoms with Gasteiger partial charge in [0.1, 0.15) is 5.78 Å². The van der Waals surface area contributed by atoms with Gasteiger partial charge in [-0.05, 0) is 25.3 Å². The molecule has 0 aliphatic heterocycles. The predicted octanol–water partition coefficient (Wildman–Crippen LogP) is 2.20. The molecular weight excluding hydrogens is 256 g/mol. The smallest absolute Gasteiger partial charge is 0.343 e. The second-order valence-corrected chi connectivity index (χ2v) is 5.12. The third-order valence-corrected chi connectivity index (χ3v) is 3.86. The number of esters is 1. The maximum absolute atomic E-state index is 12.3. The molecule has 1 fully saturated rings. The van der Waals surface area contributed by atoms with Crippen molar-refractivity contribution < 1.29 is 19.4 Å². The number of hydrogen-bond acceptors (Lipinski definition) is 4. The molecule has 0 bridgehead atoms. The van der Waals surface area contributed by atoms with Crippen LogP contribution in [0.1, 0.15) is 38.2 Å². The average molecular weight is 276 g/mol. The third kappa shape index (κ3) is 2.61. The van der Waals surface area contributed by atoms with E-state index in [1.807, 2.05) is 0 Å². The zero-order valence-corrected chi connectivity index (χ0v) is 11.7. The molecule has 0 radical (unpaired) electrons. The molecule has 0 spiro atoms. The lowest BCUT2D eigenvalue weighted by molar-refractivity contribution is -0.177. The van der Waals surface area contributed by atoms with Crippen LogP contribution in [0.4, 0.5) is 0 Å². The SMILES string of the molecule is CCOC(=O)[C@@](O)(c1ccccc1)[C@H]1CCCCC1=O. The number of carbonyl (C=O) groups is 2. The molecule has 2 atom stereocenters. The summed E-state index contributed by atoms with van der Waals surface area (Å²) in [6.45, 7) is 1.86. The van der Waals surface area contributed by atoms with E-state index in [0.717, 1.165) is 12.8 Å². The molecular formula is C16H20O4. The highest BCUT2D eigenvalue weighted by molar-refractivity contribution is 5.92. The minimum Gasteiger partial charge on any atom is -0.464 e. The largest absolute Gasteiger partial charge is 0.464 e. The Morgan fingerprint density at radius 2 is 2.05 bits per heavy atom. The molecule has 2 rings (SSSR count). The molecule has 0 saturated heterocycles. The van der Waals surface area contributed by atoms with Gasteiger partial charge in [-0.3, -0.25) is 4.79 Å². The Balaban J connectivity index is 2.43. The van der Waals surface area contributed by atoms with Gasteiger partial charge < -0.3 is 9.84 Å². The number of benzene rings is 1. The summed E-state index contributed by atoms with van der Waals surface area (Å²) in [5.74, 6) is -1.50. The van der Waals surface area contributed by atoms with Gasteiger partial charge in [-0.1, -0.05) is 36.8 Å². The van der Waals surface area contributed by atoms with Crippen LogP contribution in [-0.4, -0.2) is 23.5 Å². The zero-order valence-electron chi connectivity index (χ0n) is 11.7. The van der Waals surface area contributed by atoms with Crippen LogP contribution in [0.5, 0.6) is 0 Å². The molecule has 0 unspecified atom stereocenters. The summed E-state index contributed by atoms with van der Waals surface area (Å²) in [7, 11) is 0. The summed E-state index contributed by atoms with van der Waals surface area (Å²) in [6, 6.07) is 8.62. The lowest BCUT2D eigenvalue weighted by Crippen LogP contribution is -2.48. The van der Waals surface area contributed by atoms with Crippen molar-refractivity contribution in [3.05, 3.63) is 35.9 Å². The number of ketones is 1. The van der Waals surface area contributed by atoms with Crippen molar-refractivity contribution in [2.45, 2.75) is 38.2 Å². The van der Waals surface area contributed by atoms with Crippen molar-refractivity contribution in [2.24, 2.45) is 5.92 Å². The molecule has 1 N–H and O–H groups in total. The Labute approximate surface area is 118 Å². The first-order valence-electron chi connectivity index (χ1n) is 7.08. The van der Waals surface area contributed by atoms with Crippen molar-refractivity contribution in [3.63, 3.8) is 0 Å². The molecule has 1 aromatic rings. The summed E-state index contributed by atoms with van der Waals surface area (Å²) >= 11 is 0. The van der Waals surface area contributed by atoms with Crippen molar-refractivity contribution in [2.75, 3.05) is 6.61 Å². The van der Waals surface area contributed by atoms with E-state index in [4.69, 9.17) is 4.74 Å². The quantitative estimate of drug-likeness (QED) is 0.856. The van der Waals surface area contributed by atoms with E-state index in [1.165, 1.54) is 0 Å². The van der Waals surface area contributed by atoms with Crippen LogP contribution in [0, 0.1) is 5.92 Å². The van der Waals surface area contributed by atoms with Crippen molar-refractivity contribution in [3.8, 4) is 0 Å². The average Bonchev–Trinajstić information content (AvgIpc) is 2.48. The van der Waals surface area contributed by atoms with Gasteiger partial charge in [0, 0.05) is 6.42 Å². The van der Waals surface area contributed by atoms with Gasteiger partial charge in [0.15, 0.2) is 5.60 Å². The molecule has 0 amide bonds. The maximum Gasteiger partial charge on any atom is 0.343 e. The van der Waals surface area contributed by atoms with E-state index in [9.17, 15) is 14.7 Å². The van der Waals surface area contributed by atoms with E-state index in [-0.39, 0.29) is 12.4 Å². The summed E-state index contributed by atoms with van der Waals surface area (Å²) in [5.41, 5.74) is -1.44. The molecule has 0 heterocycles. The lowest BCUT2D eigenvalue weighted by atomic mass is 9.72. The van der Waals surface area contributed by atoms with Gasteiger partial charge in [-0.2, -0.15) is 0 Å². The van der Waals surface area contributed by atoms with Gasteiger partial charge in [0.2, 0.25) is 0 Å². The monoisotopic (exact) mass is 276 g/mol. The highest BCUT2D eigenvalue weighted by Crippen LogP contribution is 2.38. The molecule has 1 aromatic carbocycles. The molecule has 1 saturated carbocycles. The molecule has 4 nitrogen and oxygen atoms in total. The van der Waals surface area contributed by atoms with Crippen LogP contribution in [0.2, 0.25) is 0 Å². The van der Waals surface area contributed by atoms with Crippen molar-refractivity contribution in [1.82, 2.24) is 0 Å². The number of Topliss-reactive ketones (excluding diaryl/α,β-unsaturated/α-hetero) is 1. The first kappa shape index (κ1) is 14.7. The Kier molecular flexibility index (Phi) is 4.55. The first-order valence-corrected chi connectivity index (χ1v) is 7.08. The number of rotatable bonds is 4. The van der Waals surface area contributed by atoms with E-state index < -0.39 is 17.5 Å². The Morgan fingerprint density at radius 1 is 1.35 bits per heavy atom. The molecule has 20 heavy (non-hydrogen) atoms. The fraction of sp³-hybridized carbons (Fsp3) is 0.500. The highest BCUT2D eigenvalue weighted by atomic mass is 16.5. The number of aliphatic hydroxyl groups is 1. The molecule has 1 aliphatic rings. The van der Waals surface area contributed by atoms with Crippen LogP contribution >= 0.6 is 0 Å². The molecule has 1 aliphatic carbocycles. The third-order valence-electron chi connectivity index (χ3n) is 3.86. The Morgan fingerprint density at radius 3 is 2.65 bits per heavy atom. The second-order valence-electron chi connectivity index (χ2n) is 5.12. The zero-order chi connectivity index (χ0) is 14.6. The van der Waals surface area contributed by atoms with Gasteiger partial charge >= 0.3 is 5.97 Å². The maximum atomic E-state index is 12.3. The predicted molar refractivity (Wildman–Crippen MR) is 73.9 cm³/mol. The van der Waals surface area contributed by atoms with Crippen LogP contribution < -0.4 is 0 Å². The van der Waals surface area contributed by atoms with Crippen molar-refractivity contribution in [1.29, 1.82) is 0 Å². The van der Waals surface area contributed by atoms with Crippen molar-refractivity contribution >= 4 is 11.8 Å². The first-order chi connectivity index (χ1) is 9.60. The van der Waals surface area contributed by atoms with E-state index in [1.54, 1.807) is 37.3 Å². The molecule has 108 valence electrons. The molecule has 0 aromatic heterocycles. The van der Waals surface area contributed by atoms with Gasteiger partial charge in [0.25, 0.3) is 0 Å². The number of carbonyl (C=O) groups excluding carboxylic acids is 2. The van der Waals surface area contributed by atoms with Crippen LogP contribution in [0.3, 0.4) is 0 Å². The van der Waals surface area contributed by atoms with E-state index >= 15 is 0 Å². The van der Waals surface area contributed by atoms with Crippen LogP contribution in [0.25, 0.3) is 0 Å². The summed E-state index contributed by atoms with van der Waals surface area (Å²) < 4.78 is 5.02. The fourth-order valence-electron chi connectivity index (χ4n) is 2.82. The van der Waals surface area contributed by atoms with Gasteiger partial charge in [-0.15, -0.1) is 0 Å². The summed E-state index contributed by atoms with van der Waals surface area (Å²) in [5, 5.41) is 11.0. The summed E-state index contributed by atoms with van der Waals surface area (Å²) in [4.78, 5) is 24.4. The number of hydrogen-bond donors (Lipinski definition) is 1. The minimum atomic E-state index is -1.87. The normalized spacial score (nSPS) is 22.1. The second kappa shape index (κ2) is 6.18. The minimum absolute atomic E-state index is 0.0596. The van der Waals surface area contributed by atoms with Crippen LogP contribution in [-0.2, 0) is 19.9 Å². The lowest BCUT2D eigenvalue weighted by Gasteiger charge is -2.35. The summed E-state index contributed by atoms with van der Waals surface area (Å²) in [6.07, 6.45) is 2.59. The van der Waals surface area contributed by atoms with Crippen LogP contribution in [0.15, 0.2) is 30.3 Å². The van der Waals surface area contributed by atoms with Gasteiger partial charge in [-0.25, -0.2) is 4.79 Å². The molecule has 4 heteroatoms. The van der Waals surface area contributed by atoms with E-state index in [2.05, 4.69) is 0 Å².